The molecule has 2 rings (SSSR count). The Morgan fingerprint density at radius 3 is 3.14 bits per heavy atom. The second-order valence-corrected chi connectivity index (χ2v) is 3.41. The molecular weight excluding hydrogens is 172 g/mol. The summed E-state index contributed by atoms with van der Waals surface area (Å²) in [7, 11) is 0. The van der Waals surface area contributed by atoms with Crippen LogP contribution in [0.2, 0.25) is 0 Å². The summed E-state index contributed by atoms with van der Waals surface area (Å²) in [6.45, 7) is 4.49. The van der Waals surface area contributed by atoms with Crippen LogP contribution in [0.4, 0.5) is 0 Å². The average molecular weight is 186 g/mol. The van der Waals surface area contributed by atoms with Crippen molar-refractivity contribution in [1.29, 1.82) is 0 Å². The summed E-state index contributed by atoms with van der Waals surface area (Å²) < 4.78 is 5.58. The average Bonchev–Trinajstić information content (AvgIpc) is 2.26. The Bertz CT molecular complexity index is 363. The lowest BCUT2D eigenvalue weighted by molar-refractivity contribution is 0.288. The molecule has 1 aromatic carbocycles. The standard InChI is InChI=1S/C13H14O/c1-2-3-5-11-7-8-12-6-4-9-14-13(12)10-11/h2-3,5,7-8,10H,1,4,6,9H2. The van der Waals surface area contributed by atoms with E-state index >= 15 is 0 Å². The zero-order valence-electron chi connectivity index (χ0n) is 8.20. The van der Waals surface area contributed by atoms with Gasteiger partial charge in [-0.1, -0.05) is 36.9 Å². The van der Waals surface area contributed by atoms with E-state index < -0.39 is 0 Å². The number of ether oxygens (including phenoxy) is 1. The van der Waals surface area contributed by atoms with Gasteiger partial charge in [-0.3, -0.25) is 0 Å². The Kier molecular flexibility index (Phi) is 2.68. The van der Waals surface area contributed by atoms with E-state index in [1.807, 2.05) is 12.2 Å². The minimum Gasteiger partial charge on any atom is -0.493 e. The summed E-state index contributed by atoms with van der Waals surface area (Å²) in [5.74, 6) is 1.04. The van der Waals surface area contributed by atoms with Crippen LogP contribution >= 0.6 is 0 Å². The van der Waals surface area contributed by atoms with Crippen molar-refractivity contribution in [1.82, 2.24) is 0 Å². The van der Waals surface area contributed by atoms with Gasteiger partial charge < -0.3 is 4.74 Å². The number of fused-ring (bicyclic) bond motifs is 1. The molecule has 14 heavy (non-hydrogen) atoms. The van der Waals surface area contributed by atoms with Crippen molar-refractivity contribution in [3.05, 3.63) is 48.1 Å². The molecule has 72 valence electrons. The summed E-state index contributed by atoms with van der Waals surface area (Å²) in [6.07, 6.45) is 8.02. The third-order valence-electron chi connectivity index (χ3n) is 2.36. The van der Waals surface area contributed by atoms with E-state index in [4.69, 9.17) is 4.74 Å². The van der Waals surface area contributed by atoms with E-state index in [2.05, 4.69) is 24.8 Å². The van der Waals surface area contributed by atoms with Crippen molar-refractivity contribution in [2.75, 3.05) is 6.61 Å². The molecule has 0 saturated heterocycles. The molecular formula is C13H14O. The van der Waals surface area contributed by atoms with Gasteiger partial charge in [0, 0.05) is 0 Å². The Balaban J connectivity index is 2.28. The van der Waals surface area contributed by atoms with Crippen molar-refractivity contribution < 1.29 is 4.74 Å². The molecule has 0 radical (unpaired) electrons. The van der Waals surface area contributed by atoms with E-state index in [9.17, 15) is 0 Å². The summed E-state index contributed by atoms with van der Waals surface area (Å²) in [5.41, 5.74) is 2.50. The Labute approximate surface area is 84.7 Å². The van der Waals surface area contributed by atoms with E-state index in [0.29, 0.717) is 0 Å². The second-order valence-electron chi connectivity index (χ2n) is 3.41. The molecule has 0 unspecified atom stereocenters. The summed E-state index contributed by atoms with van der Waals surface area (Å²) in [4.78, 5) is 0. The molecule has 1 aliphatic rings. The van der Waals surface area contributed by atoms with Gasteiger partial charge in [0.2, 0.25) is 0 Å². The van der Waals surface area contributed by atoms with E-state index in [0.717, 1.165) is 25.2 Å². The minimum atomic E-state index is 0.849. The molecule has 0 saturated carbocycles. The maximum absolute atomic E-state index is 5.58. The molecule has 1 heterocycles. The molecule has 0 N–H and O–H groups in total. The van der Waals surface area contributed by atoms with Gasteiger partial charge in [0.25, 0.3) is 0 Å². The first-order valence-corrected chi connectivity index (χ1v) is 4.95. The van der Waals surface area contributed by atoms with Crippen LogP contribution in [0.1, 0.15) is 17.5 Å². The van der Waals surface area contributed by atoms with Crippen LogP contribution in [0.5, 0.6) is 5.75 Å². The zero-order valence-corrected chi connectivity index (χ0v) is 8.20. The molecule has 0 aliphatic carbocycles. The lowest BCUT2D eigenvalue weighted by atomic mass is 10.0. The topological polar surface area (TPSA) is 9.23 Å². The van der Waals surface area contributed by atoms with Gasteiger partial charge in [0.15, 0.2) is 0 Å². The third kappa shape index (κ3) is 1.87. The summed E-state index contributed by atoms with van der Waals surface area (Å²) in [6, 6.07) is 6.36. The van der Waals surface area contributed by atoms with Gasteiger partial charge >= 0.3 is 0 Å². The van der Waals surface area contributed by atoms with Gasteiger partial charge in [-0.2, -0.15) is 0 Å². The van der Waals surface area contributed by atoms with Gasteiger partial charge in [0.1, 0.15) is 5.75 Å². The lowest BCUT2D eigenvalue weighted by Crippen LogP contribution is -2.07. The third-order valence-corrected chi connectivity index (χ3v) is 2.36. The molecule has 0 aromatic heterocycles. The molecule has 1 nitrogen and oxygen atoms in total. The van der Waals surface area contributed by atoms with Crippen LogP contribution in [0.15, 0.2) is 36.9 Å². The Morgan fingerprint density at radius 1 is 1.36 bits per heavy atom. The minimum absolute atomic E-state index is 0.849. The van der Waals surface area contributed by atoms with Crippen molar-refractivity contribution >= 4 is 6.08 Å². The van der Waals surface area contributed by atoms with Gasteiger partial charge in [0.05, 0.1) is 6.61 Å². The first kappa shape index (κ1) is 9.07. The van der Waals surface area contributed by atoms with Gasteiger partial charge in [-0.05, 0) is 30.0 Å². The number of aryl methyl sites for hydroxylation is 1. The lowest BCUT2D eigenvalue weighted by Gasteiger charge is -2.17. The molecule has 0 atom stereocenters. The molecule has 0 spiro atoms. The van der Waals surface area contributed by atoms with Crippen molar-refractivity contribution in [3.8, 4) is 5.75 Å². The quantitative estimate of drug-likeness (QED) is 0.644. The summed E-state index contributed by atoms with van der Waals surface area (Å²) in [5, 5.41) is 0. The van der Waals surface area contributed by atoms with Crippen molar-refractivity contribution in [2.24, 2.45) is 0 Å². The predicted molar refractivity (Wildman–Crippen MR) is 59.5 cm³/mol. The van der Waals surface area contributed by atoms with Gasteiger partial charge in [-0.25, -0.2) is 0 Å². The van der Waals surface area contributed by atoms with Crippen LogP contribution < -0.4 is 4.74 Å². The fourth-order valence-corrected chi connectivity index (χ4v) is 1.64. The van der Waals surface area contributed by atoms with Crippen LogP contribution in [-0.2, 0) is 6.42 Å². The SMILES string of the molecule is C=CC=Cc1ccc2c(c1)OCCC2. The monoisotopic (exact) mass is 186 g/mol. The fourth-order valence-electron chi connectivity index (χ4n) is 1.64. The molecule has 1 aliphatic heterocycles. The zero-order chi connectivity index (χ0) is 9.80. The Hall–Kier alpha value is -1.50. The highest BCUT2D eigenvalue weighted by molar-refractivity contribution is 5.55. The highest BCUT2D eigenvalue weighted by atomic mass is 16.5. The molecule has 1 aromatic rings. The predicted octanol–water partition coefficient (Wildman–Crippen LogP) is 3.21. The van der Waals surface area contributed by atoms with Crippen LogP contribution in [0.3, 0.4) is 0 Å². The van der Waals surface area contributed by atoms with E-state index in [1.165, 1.54) is 11.1 Å². The number of hydrogen-bond donors (Lipinski definition) is 0. The van der Waals surface area contributed by atoms with Crippen molar-refractivity contribution in [2.45, 2.75) is 12.8 Å². The molecule has 0 fully saturated rings. The summed E-state index contributed by atoms with van der Waals surface area (Å²) >= 11 is 0. The van der Waals surface area contributed by atoms with E-state index in [-0.39, 0.29) is 0 Å². The number of benzene rings is 1. The fraction of sp³-hybridized carbons (Fsp3) is 0.231. The van der Waals surface area contributed by atoms with Gasteiger partial charge in [-0.15, -0.1) is 0 Å². The highest BCUT2D eigenvalue weighted by Gasteiger charge is 2.09. The maximum atomic E-state index is 5.58. The highest BCUT2D eigenvalue weighted by Crippen LogP contribution is 2.26. The number of allylic oxidation sites excluding steroid dienone is 2. The first-order chi connectivity index (χ1) is 6.90. The molecule has 0 amide bonds. The smallest absolute Gasteiger partial charge is 0.123 e. The maximum Gasteiger partial charge on any atom is 0.123 e. The second kappa shape index (κ2) is 4.14. The number of hydrogen-bond acceptors (Lipinski definition) is 1. The molecule has 0 bridgehead atoms. The van der Waals surface area contributed by atoms with Crippen LogP contribution in [0, 0.1) is 0 Å². The van der Waals surface area contributed by atoms with E-state index in [1.54, 1.807) is 6.08 Å². The first-order valence-electron chi connectivity index (χ1n) is 4.95. The normalized spacial score (nSPS) is 14.9. The van der Waals surface area contributed by atoms with Crippen molar-refractivity contribution in [3.63, 3.8) is 0 Å². The Morgan fingerprint density at radius 2 is 2.29 bits per heavy atom. The largest absolute Gasteiger partial charge is 0.493 e. The van der Waals surface area contributed by atoms with Crippen LogP contribution in [-0.4, -0.2) is 6.61 Å². The molecule has 1 heteroatoms. The van der Waals surface area contributed by atoms with Crippen LogP contribution in [0.25, 0.3) is 6.08 Å². The number of rotatable bonds is 2.